The molecule has 3 fully saturated rings. The molecule has 2 N–H and O–H groups in total. The average molecular weight is 602 g/mol. The third kappa shape index (κ3) is 6.10. The summed E-state index contributed by atoms with van der Waals surface area (Å²) in [6.45, 7) is 1.53. The Bertz CT molecular complexity index is 1280. The van der Waals surface area contributed by atoms with Crippen LogP contribution in [0.2, 0.25) is 5.02 Å². The van der Waals surface area contributed by atoms with Crippen LogP contribution in [0, 0.1) is 5.92 Å². The molecule has 8 nitrogen and oxygen atoms in total. The van der Waals surface area contributed by atoms with Gasteiger partial charge in [0.05, 0.1) is 4.90 Å². The summed E-state index contributed by atoms with van der Waals surface area (Å²) in [4.78, 5) is 30.9. The van der Waals surface area contributed by atoms with Gasteiger partial charge >= 0.3 is 0 Å². The van der Waals surface area contributed by atoms with Crippen LogP contribution in [0.15, 0.2) is 41.3 Å². The molecule has 38 heavy (non-hydrogen) atoms. The summed E-state index contributed by atoms with van der Waals surface area (Å²) in [5, 5.41) is 2.21. The van der Waals surface area contributed by atoms with Crippen LogP contribution >= 0.6 is 35.8 Å². The van der Waals surface area contributed by atoms with Crippen LogP contribution in [0.3, 0.4) is 0 Å². The van der Waals surface area contributed by atoms with E-state index in [4.69, 9.17) is 17.3 Å². The molecule has 5 rings (SSSR count). The van der Waals surface area contributed by atoms with Gasteiger partial charge in [-0.15, -0.1) is 12.4 Å². The Hall–Kier alpha value is -1.56. The molecule has 0 aromatic heterocycles. The fourth-order valence-corrected chi connectivity index (χ4v) is 8.11. The Kier molecular flexibility index (Phi) is 9.53. The average Bonchev–Trinajstić information content (AvgIpc) is 2.92. The van der Waals surface area contributed by atoms with E-state index in [2.05, 4.69) is 0 Å². The molecule has 0 spiro atoms. The second-order valence-corrected chi connectivity index (χ2v) is 13.7. The summed E-state index contributed by atoms with van der Waals surface area (Å²) >= 11 is 7.88. The molecule has 1 aliphatic carbocycles. The summed E-state index contributed by atoms with van der Waals surface area (Å²) < 4.78 is 28.8. The van der Waals surface area contributed by atoms with Gasteiger partial charge in [-0.05, 0) is 60.7 Å². The van der Waals surface area contributed by atoms with Gasteiger partial charge in [0.1, 0.15) is 6.04 Å². The third-order valence-corrected chi connectivity index (χ3v) is 10.8. The number of amides is 2. The number of nitrogens with two attached hydrogens (primary N) is 1. The van der Waals surface area contributed by atoms with Crippen molar-refractivity contribution in [2.75, 3.05) is 44.2 Å². The van der Waals surface area contributed by atoms with E-state index in [9.17, 15) is 18.0 Å². The fourth-order valence-electron chi connectivity index (χ4n) is 5.55. The zero-order chi connectivity index (χ0) is 26.2. The maximum atomic E-state index is 13.7. The summed E-state index contributed by atoms with van der Waals surface area (Å²) in [6, 6.07) is 9.58. The van der Waals surface area contributed by atoms with Crippen LogP contribution in [0.5, 0.6) is 0 Å². The van der Waals surface area contributed by atoms with Crippen molar-refractivity contribution in [3.05, 3.63) is 41.4 Å². The summed E-state index contributed by atoms with van der Waals surface area (Å²) in [5.41, 5.74) is 6.04. The first-order valence-corrected chi connectivity index (χ1v) is 15.8. The lowest BCUT2D eigenvalue weighted by Crippen LogP contribution is -2.63. The number of benzene rings is 2. The van der Waals surface area contributed by atoms with Gasteiger partial charge < -0.3 is 15.5 Å². The molecular weight excluding hydrogens is 567 g/mol. The van der Waals surface area contributed by atoms with Crippen molar-refractivity contribution in [3.63, 3.8) is 0 Å². The molecule has 2 aromatic carbocycles. The highest BCUT2D eigenvalue weighted by atomic mass is 35.5. The maximum Gasteiger partial charge on any atom is 0.246 e. The fraction of sp³-hybridized carbons (Fsp3) is 0.538. The first kappa shape index (κ1) is 29.4. The number of halogens is 2. The third-order valence-electron chi connectivity index (χ3n) is 7.77. The van der Waals surface area contributed by atoms with Crippen molar-refractivity contribution in [1.29, 1.82) is 0 Å². The monoisotopic (exact) mass is 600 g/mol. The smallest absolute Gasteiger partial charge is 0.246 e. The van der Waals surface area contributed by atoms with E-state index in [-0.39, 0.29) is 60.7 Å². The predicted octanol–water partition coefficient (Wildman–Crippen LogP) is 3.21. The minimum absolute atomic E-state index is 0. The summed E-state index contributed by atoms with van der Waals surface area (Å²) in [7, 11) is -3.87. The van der Waals surface area contributed by atoms with Crippen LogP contribution < -0.4 is 5.73 Å². The van der Waals surface area contributed by atoms with Gasteiger partial charge in [-0.25, -0.2) is 8.42 Å². The molecule has 2 saturated heterocycles. The van der Waals surface area contributed by atoms with Crippen LogP contribution in [0.1, 0.15) is 25.7 Å². The Labute approximate surface area is 239 Å². The molecule has 0 radical (unpaired) electrons. The first-order chi connectivity index (χ1) is 17.7. The zero-order valence-corrected chi connectivity index (χ0v) is 24.3. The Morgan fingerprint density at radius 2 is 1.55 bits per heavy atom. The second kappa shape index (κ2) is 12.3. The zero-order valence-electron chi connectivity index (χ0n) is 21.1. The van der Waals surface area contributed by atoms with Crippen molar-refractivity contribution in [2.45, 2.75) is 42.7 Å². The Morgan fingerprint density at radius 3 is 2.26 bits per heavy atom. The summed E-state index contributed by atoms with van der Waals surface area (Å²) in [5.74, 6) is 1.32. The lowest BCUT2D eigenvalue weighted by molar-refractivity contribution is -0.151. The largest absolute Gasteiger partial charge is 0.339 e. The van der Waals surface area contributed by atoms with Crippen molar-refractivity contribution in [3.8, 4) is 0 Å². The SMILES string of the molecule is Cl.NC1CCC(C(=O)N2CCN(S(=O)(=O)c3ccc4cc(Cl)ccc4c3)CC2C(=O)N2CCSCC2)CC1. The molecule has 3 aliphatic rings. The number of carbonyl (C=O) groups is 2. The molecule has 1 unspecified atom stereocenters. The van der Waals surface area contributed by atoms with E-state index < -0.39 is 16.1 Å². The minimum Gasteiger partial charge on any atom is -0.339 e. The highest BCUT2D eigenvalue weighted by Crippen LogP contribution is 2.30. The Balaban J connectivity index is 0.00000336. The van der Waals surface area contributed by atoms with Crippen molar-refractivity contribution < 1.29 is 18.0 Å². The van der Waals surface area contributed by atoms with Crippen molar-refractivity contribution >= 4 is 68.4 Å². The van der Waals surface area contributed by atoms with E-state index in [1.165, 1.54) is 4.31 Å². The quantitative estimate of drug-likeness (QED) is 0.578. The van der Waals surface area contributed by atoms with Crippen LogP contribution in [-0.4, -0.2) is 90.7 Å². The highest BCUT2D eigenvalue weighted by molar-refractivity contribution is 7.99. The molecule has 2 amide bonds. The van der Waals surface area contributed by atoms with Crippen molar-refractivity contribution in [2.24, 2.45) is 11.7 Å². The molecule has 208 valence electrons. The number of piperazine rings is 1. The number of thioether (sulfide) groups is 1. The number of sulfonamides is 1. The van der Waals surface area contributed by atoms with E-state index >= 15 is 0 Å². The molecule has 1 saturated carbocycles. The first-order valence-electron chi connectivity index (χ1n) is 12.9. The van der Waals surface area contributed by atoms with Gasteiger partial charge in [0.15, 0.2) is 0 Å². The number of rotatable bonds is 4. The van der Waals surface area contributed by atoms with E-state index in [0.717, 1.165) is 35.1 Å². The molecule has 2 heterocycles. The minimum atomic E-state index is -3.87. The second-order valence-electron chi connectivity index (χ2n) is 10.1. The van der Waals surface area contributed by atoms with Gasteiger partial charge in [0, 0.05) is 61.2 Å². The normalized spacial score (nSPS) is 25.2. The lowest BCUT2D eigenvalue weighted by atomic mass is 9.85. The molecule has 2 aromatic rings. The predicted molar refractivity (Wildman–Crippen MR) is 154 cm³/mol. The Morgan fingerprint density at radius 1 is 0.895 bits per heavy atom. The van der Waals surface area contributed by atoms with Gasteiger partial charge in [-0.3, -0.25) is 9.59 Å². The van der Waals surface area contributed by atoms with Crippen LogP contribution in [0.4, 0.5) is 0 Å². The van der Waals surface area contributed by atoms with E-state index in [0.29, 0.717) is 31.0 Å². The number of hydrogen-bond acceptors (Lipinski definition) is 6. The number of carbonyl (C=O) groups excluding carboxylic acids is 2. The van der Waals surface area contributed by atoms with Crippen LogP contribution in [0.25, 0.3) is 10.8 Å². The molecule has 0 bridgehead atoms. The topological polar surface area (TPSA) is 104 Å². The molecule has 1 atom stereocenters. The van der Waals surface area contributed by atoms with E-state index in [1.807, 2.05) is 0 Å². The van der Waals surface area contributed by atoms with Crippen molar-refractivity contribution in [1.82, 2.24) is 14.1 Å². The van der Waals surface area contributed by atoms with Gasteiger partial charge in [-0.2, -0.15) is 16.1 Å². The lowest BCUT2D eigenvalue weighted by Gasteiger charge is -2.44. The van der Waals surface area contributed by atoms with Crippen LogP contribution in [-0.2, 0) is 19.6 Å². The maximum absolute atomic E-state index is 13.7. The highest BCUT2D eigenvalue weighted by Gasteiger charge is 2.43. The summed E-state index contributed by atoms with van der Waals surface area (Å²) in [6.07, 6.45) is 3.00. The number of nitrogens with zero attached hydrogens (tertiary/aromatic N) is 3. The van der Waals surface area contributed by atoms with Gasteiger partial charge in [0.2, 0.25) is 21.8 Å². The van der Waals surface area contributed by atoms with E-state index in [1.54, 1.807) is 58.0 Å². The molecule has 2 aliphatic heterocycles. The standard InChI is InChI=1S/C26H33ClN4O4S2.ClH/c27-21-5-1-20-16-23(8-4-19(20)15-21)37(34,35)30-9-10-31(25(32)18-2-6-22(28)7-3-18)24(17-30)26(33)29-11-13-36-14-12-29;/h1,4-5,8,15-16,18,22,24H,2-3,6-7,9-14,17,28H2;1H. The molecule has 12 heteroatoms. The number of hydrogen-bond donors (Lipinski definition) is 1. The van der Waals surface area contributed by atoms with Gasteiger partial charge in [0.25, 0.3) is 0 Å². The number of fused-ring (bicyclic) bond motifs is 1. The molecular formula is C26H34Cl2N4O4S2. The van der Waals surface area contributed by atoms with Gasteiger partial charge in [-0.1, -0.05) is 23.7 Å².